The maximum Gasteiger partial charge on any atom is 0.416 e. The average molecular weight is 361 g/mol. The van der Waals surface area contributed by atoms with Gasteiger partial charge in [0, 0.05) is 18.4 Å². The van der Waals surface area contributed by atoms with Crippen molar-refractivity contribution >= 4 is 17.4 Å². The van der Waals surface area contributed by atoms with Gasteiger partial charge in [0.25, 0.3) is 5.91 Å². The van der Waals surface area contributed by atoms with Crippen LogP contribution < -0.4 is 10.6 Å². The van der Waals surface area contributed by atoms with Gasteiger partial charge in [0.2, 0.25) is 0 Å². The van der Waals surface area contributed by atoms with Crippen LogP contribution in [0.1, 0.15) is 21.7 Å². The molecule has 2 N–H and O–H groups in total. The number of anilines is 2. The summed E-state index contributed by atoms with van der Waals surface area (Å²) in [5, 5.41) is 5.52. The number of amides is 1. The smallest absolute Gasteiger partial charge is 0.416 e. The van der Waals surface area contributed by atoms with Gasteiger partial charge in [0.05, 0.1) is 11.8 Å². The Hall–Kier alpha value is -3.29. The number of hydrogen-bond acceptors (Lipinski definition) is 4. The molecule has 0 aliphatic heterocycles. The highest BCUT2D eigenvalue weighted by Crippen LogP contribution is 2.30. The van der Waals surface area contributed by atoms with Crippen molar-refractivity contribution < 1.29 is 22.4 Å². The molecule has 0 spiro atoms. The topological polar surface area (TPSA) is 67.2 Å². The number of alkyl halides is 3. The van der Waals surface area contributed by atoms with Gasteiger partial charge >= 0.3 is 6.18 Å². The summed E-state index contributed by atoms with van der Waals surface area (Å²) >= 11 is 0. The second-order valence-corrected chi connectivity index (χ2v) is 5.41. The van der Waals surface area contributed by atoms with Gasteiger partial charge in [-0.05, 0) is 42.0 Å². The number of carbonyl (C=O) groups excluding carboxylic acids is 1. The Morgan fingerprint density at radius 2 is 1.88 bits per heavy atom. The molecular weight excluding hydrogens is 347 g/mol. The normalized spacial score (nSPS) is 11.2. The lowest BCUT2D eigenvalue weighted by molar-refractivity contribution is -0.137. The van der Waals surface area contributed by atoms with Crippen LogP contribution in [0.3, 0.4) is 0 Å². The predicted molar refractivity (Wildman–Crippen MR) is 89.7 cm³/mol. The van der Waals surface area contributed by atoms with E-state index in [1.165, 1.54) is 6.26 Å². The lowest BCUT2D eigenvalue weighted by Crippen LogP contribution is -2.11. The fourth-order valence-electron chi connectivity index (χ4n) is 2.20. The first-order chi connectivity index (χ1) is 12.4. The Balaban J connectivity index is 1.59. The molecule has 8 heteroatoms. The first-order valence-corrected chi connectivity index (χ1v) is 7.63. The maximum absolute atomic E-state index is 12.7. The number of nitrogens with one attached hydrogen (secondary N) is 2. The predicted octanol–water partition coefficient (Wildman–Crippen LogP) is 4.56. The molecule has 5 nitrogen and oxygen atoms in total. The third-order valence-corrected chi connectivity index (χ3v) is 3.52. The minimum absolute atomic E-state index is 0.134. The fourth-order valence-corrected chi connectivity index (χ4v) is 2.20. The molecule has 3 aromatic rings. The first kappa shape index (κ1) is 17.5. The third kappa shape index (κ3) is 4.41. The largest absolute Gasteiger partial charge is 0.459 e. The zero-order valence-electron chi connectivity index (χ0n) is 13.4. The van der Waals surface area contributed by atoms with E-state index < -0.39 is 11.7 Å². The number of rotatable bonds is 5. The summed E-state index contributed by atoms with van der Waals surface area (Å²) < 4.78 is 43.1. The van der Waals surface area contributed by atoms with Gasteiger partial charge in [0.15, 0.2) is 5.76 Å². The van der Waals surface area contributed by atoms with Gasteiger partial charge in [0.1, 0.15) is 5.82 Å². The van der Waals surface area contributed by atoms with Crippen LogP contribution in [0.25, 0.3) is 0 Å². The van der Waals surface area contributed by atoms with E-state index in [0.717, 1.165) is 23.9 Å². The van der Waals surface area contributed by atoms with Crippen LogP contribution in [0.2, 0.25) is 0 Å². The van der Waals surface area contributed by atoms with E-state index in [2.05, 4.69) is 15.6 Å². The molecule has 3 rings (SSSR count). The molecule has 0 bridgehead atoms. The lowest BCUT2D eigenvalue weighted by Gasteiger charge is -2.10. The summed E-state index contributed by atoms with van der Waals surface area (Å²) in [6.07, 6.45) is -1.89. The molecule has 1 aromatic carbocycles. The summed E-state index contributed by atoms with van der Waals surface area (Å²) in [7, 11) is 0. The van der Waals surface area contributed by atoms with Crippen LogP contribution in [0.15, 0.2) is 65.4 Å². The van der Waals surface area contributed by atoms with Gasteiger partial charge in [-0.15, -0.1) is 0 Å². The fraction of sp³-hybridized carbons (Fsp3) is 0.111. The maximum atomic E-state index is 12.7. The third-order valence-electron chi connectivity index (χ3n) is 3.52. The first-order valence-electron chi connectivity index (χ1n) is 7.63. The molecule has 2 heterocycles. The molecule has 26 heavy (non-hydrogen) atoms. The molecule has 0 radical (unpaired) electrons. The van der Waals surface area contributed by atoms with Crippen LogP contribution in [0, 0.1) is 0 Å². The van der Waals surface area contributed by atoms with E-state index in [9.17, 15) is 18.0 Å². The SMILES string of the molecule is O=C(Nc1ccc(CNc2cc(C(F)(F)F)ccn2)cc1)c1ccco1. The van der Waals surface area contributed by atoms with Gasteiger partial charge in [-0.1, -0.05) is 12.1 Å². The van der Waals surface area contributed by atoms with Crippen molar-refractivity contribution in [2.45, 2.75) is 12.7 Å². The highest BCUT2D eigenvalue weighted by Gasteiger charge is 2.30. The summed E-state index contributed by atoms with van der Waals surface area (Å²) in [5.74, 6) is -0.0320. The molecule has 0 atom stereocenters. The molecule has 2 aromatic heterocycles. The van der Waals surface area contributed by atoms with Crippen LogP contribution in [0.4, 0.5) is 24.7 Å². The van der Waals surface area contributed by atoms with Crippen molar-refractivity contribution in [3.63, 3.8) is 0 Å². The number of aromatic nitrogens is 1. The molecule has 134 valence electrons. The van der Waals surface area contributed by atoms with Crippen molar-refractivity contribution in [3.8, 4) is 0 Å². The average Bonchev–Trinajstić information content (AvgIpc) is 3.15. The zero-order valence-corrected chi connectivity index (χ0v) is 13.4. The van der Waals surface area contributed by atoms with E-state index >= 15 is 0 Å². The molecule has 0 saturated heterocycles. The molecule has 0 aliphatic carbocycles. The molecule has 0 aliphatic rings. The van der Waals surface area contributed by atoms with Crippen molar-refractivity contribution in [1.29, 1.82) is 0 Å². The number of pyridine rings is 1. The van der Waals surface area contributed by atoms with Gasteiger partial charge in [-0.2, -0.15) is 13.2 Å². The van der Waals surface area contributed by atoms with E-state index in [1.54, 1.807) is 36.4 Å². The van der Waals surface area contributed by atoms with E-state index in [-0.39, 0.29) is 17.5 Å². The molecule has 0 fully saturated rings. The number of benzene rings is 1. The summed E-state index contributed by atoms with van der Waals surface area (Å²) in [6, 6.07) is 11.9. The number of carbonyl (C=O) groups is 1. The molecule has 0 saturated carbocycles. The number of furan rings is 1. The second-order valence-electron chi connectivity index (χ2n) is 5.41. The summed E-state index contributed by atoms with van der Waals surface area (Å²) in [5.41, 5.74) is 0.638. The van der Waals surface area contributed by atoms with Crippen molar-refractivity contribution in [2.75, 3.05) is 10.6 Å². The lowest BCUT2D eigenvalue weighted by atomic mass is 10.2. The Bertz CT molecular complexity index is 875. The standard InChI is InChI=1S/C18H14F3N3O2/c19-18(20,21)13-7-8-22-16(10-13)23-11-12-3-5-14(6-4-12)24-17(25)15-2-1-9-26-15/h1-10H,11H2,(H,22,23)(H,24,25). The van der Waals surface area contributed by atoms with Gasteiger partial charge < -0.3 is 15.1 Å². The van der Waals surface area contributed by atoms with Crippen molar-refractivity contribution in [1.82, 2.24) is 4.98 Å². The Morgan fingerprint density at radius 1 is 1.12 bits per heavy atom. The Labute approximate surface area is 146 Å². The van der Waals surface area contributed by atoms with Crippen LogP contribution >= 0.6 is 0 Å². The number of hydrogen-bond donors (Lipinski definition) is 2. The van der Waals surface area contributed by atoms with Crippen LogP contribution in [-0.2, 0) is 12.7 Å². The molecule has 1 amide bonds. The van der Waals surface area contributed by atoms with E-state index in [1.807, 2.05) is 0 Å². The highest BCUT2D eigenvalue weighted by atomic mass is 19.4. The van der Waals surface area contributed by atoms with Crippen LogP contribution in [0.5, 0.6) is 0 Å². The zero-order chi connectivity index (χ0) is 18.6. The number of nitrogens with zero attached hydrogens (tertiary/aromatic N) is 1. The van der Waals surface area contributed by atoms with Crippen molar-refractivity contribution in [2.24, 2.45) is 0 Å². The monoisotopic (exact) mass is 361 g/mol. The van der Waals surface area contributed by atoms with Crippen LogP contribution in [-0.4, -0.2) is 10.9 Å². The quantitative estimate of drug-likeness (QED) is 0.699. The Kier molecular flexibility index (Phi) is 4.92. The highest BCUT2D eigenvalue weighted by molar-refractivity contribution is 6.02. The Morgan fingerprint density at radius 3 is 2.54 bits per heavy atom. The number of halogens is 3. The molecular formula is C18H14F3N3O2. The van der Waals surface area contributed by atoms with Gasteiger partial charge in [-0.3, -0.25) is 4.79 Å². The van der Waals surface area contributed by atoms with E-state index in [0.29, 0.717) is 12.2 Å². The minimum atomic E-state index is -4.41. The van der Waals surface area contributed by atoms with Crippen molar-refractivity contribution in [3.05, 3.63) is 77.9 Å². The second kappa shape index (κ2) is 7.30. The summed E-state index contributed by atoms with van der Waals surface area (Å²) in [6.45, 7) is 0.292. The van der Waals surface area contributed by atoms with Gasteiger partial charge in [-0.25, -0.2) is 4.98 Å². The minimum Gasteiger partial charge on any atom is -0.459 e. The van der Waals surface area contributed by atoms with E-state index in [4.69, 9.17) is 4.42 Å². The summed E-state index contributed by atoms with van der Waals surface area (Å²) in [4.78, 5) is 15.7. The molecule has 0 unspecified atom stereocenters.